The summed E-state index contributed by atoms with van der Waals surface area (Å²) in [5.74, 6) is -0.822. The fourth-order valence-corrected chi connectivity index (χ4v) is 2.60. The third kappa shape index (κ3) is 2.65. The van der Waals surface area contributed by atoms with E-state index in [2.05, 4.69) is 16.0 Å². The van der Waals surface area contributed by atoms with Crippen molar-refractivity contribution in [1.82, 2.24) is 4.98 Å². The molecule has 1 aromatic heterocycles. The molecule has 21 heavy (non-hydrogen) atoms. The van der Waals surface area contributed by atoms with Crippen molar-refractivity contribution in [1.29, 1.82) is 5.26 Å². The van der Waals surface area contributed by atoms with E-state index in [0.717, 1.165) is 29.4 Å². The van der Waals surface area contributed by atoms with Crippen molar-refractivity contribution in [3.63, 3.8) is 0 Å². The van der Waals surface area contributed by atoms with Crippen LogP contribution in [0, 0.1) is 11.3 Å². The predicted octanol–water partition coefficient (Wildman–Crippen LogP) is 2.55. The maximum absolute atomic E-state index is 10.9. The highest BCUT2D eigenvalue weighted by Crippen LogP contribution is 2.37. The van der Waals surface area contributed by atoms with Gasteiger partial charge in [-0.05, 0) is 18.9 Å². The molecule has 1 aliphatic carbocycles. The second-order valence-corrected chi connectivity index (χ2v) is 5.22. The SMILES string of the molecule is N#Cc1cnc2ccccc2c1N(CCC(=O)O)C1CC1. The first-order valence-electron chi connectivity index (χ1n) is 6.97. The molecule has 1 saturated carbocycles. The first-order chi connectivity index (χ1) is 10.2. The van der Waals surface area contributed by atoms with E-state index in [1.165, 1.54) is 0 Å². The molecular weight excluding hydrogens is 266 g/mol. The molecule has 3 rings (SSSR count). The van der Waals surface area contributed by atoms with Gasteiger partial charge in [-0.3, -0.25) is 9.78 Å². The molecule has 1 fully saturated rings. The van der Waals surface area contributed by atoms with Gasteiger partial charge >= 0.3 is 5.97 Å². The maximum atomic E-state index is 10.9. The number of hydrogen-bond acceptors (Lipinski definition) is 4. The summed E-state index contributed by atoms with van der Waals surface area (Å²) in [4.78, 5) is 17.3. The van der Waals surface area contributed by atoms with Crippen LogP contribution in [0.1, 0.15) is 24.8 Å². The molecule has 0 saturated heterocycles. The summed E-state index contributed by atoms with van der Waals surface area (Å²) in [5, 5.41) is 19.2. The van der Waals surface area contributed by atoms with Gasteiger partial charge in [0.25, 0.3) is 0 Å². The number of pyridine rings is 1. The van der Waals surface area contributed by atoms with Crippen molar-refractivity contribution in [2.45, 2.75) is 25.3 Å². The molecule has 0 spiro atoms. The normalized spacial score (nSPS) is 13.9. The lowest BCUT2D eigenvalue weighted by Gasteiger charge is -2.26. The molecule has 1 aliphatic rings. The zero-order chi connectivity index (χ0) is 14.8. The van der Waals surface area contributed by atoms with Crippen molar-refractivity contribution >= 4 is 22.6 Å². The van der Waals surface area contributed by atoms with Crippen LogP contribution in [-0.4, -0.2) is 28.6 Å². The highest BCUT2D eigenvalue weighted by Gasteiger charge is 2.31. The standard InChI is InChI=1S/C16H15N3O2/c17-9-11-10-18-14-4-2-1-3-13(14)16(11)19(12-5-6-12)8-7-15(20)21/h1-4,10,12H,5-8H2,(H,20,21). The third-order valence-electron chi connectivity index (χ3n) is 3.71. The predicted molar refractivity (Wildman–Crippen MR) is 79.1 cm³/mol. The number of benzene rings is 1. The van der Waals surface area contributed by atoms with E-state index in [4.69, 9.17) is 5.11 Å². The number of carboxylic acids is 1. The summed E-state index contributed by atoms with van der Waals surface area (Å²) in [5.41, 5.74) is 2.16. The first kappa shape index (κ1) is 13.4. The molecule has 1 N–H and O–H groups in total. The fourth-order valence-electron chi connectivity index (χ4n) is 2.60. The monoisotopic (exact) mass is 281 g/mol. The van der Waals surface area contributed by atoms with Crippen LogP contribution in [0.2, 0.25) is 0 Å². The van der Waals surface area contributed by atoms with Gasteiger partial charge < -0.3 is 10.0 Å². The van der Waals surface area contributed by atoms with Crippen LogP contribution in [0.15, 0.2) is 30.5 Å². The molecule has 0 bridgehead atoms. The molecule has 5 heteroatoms. The van der Waals surface area contributed by atoms with Crippen LogP contribution in [0.4, 0.5) is 5.69 Å². The zero-order valence-corrected chi connectivity index (χ0v) is 11.5. The van der Waals surface area contributed by atoms with Gasteiger partial charge in [0.05, 0.1) is 23.2 Å². The van der Waals surface area contributed by atoms with Crippen molar-refractivity contribution in [3.05, 3.63) is 36.0 Å². The smallest absolute Gasteiger partial charge is 0.305 e. The summed E-state index contributed by atoms with van der Waals surface area (Å²) in [6.45, 7) is 0.419. The van der Waals surface area contributed by atoms with Crippen LogP contribution in [-0.2, 0) is 4.79 Å². The van der Waals surface area contributed by atoms with E-state index in [0.29, 0.717) is 18.2 Å². The van der Waals surface area contributed by atoms with Gasteiger partial charge in [-0.15, -0.1) is 0 Å². The van der Waals surface area contributed by atoms with Crippen molar-refractivity contribution in [3.8, 4) is 6.07 Å². The van der Waals surface area contributed by atoms with E-state index in [1.54, 1.807) is 6.20 Å². The number of anilines is 1. The lowest BCUT2D eigenvalue weighted by atomic mass is 10.1. The van der Waals surface area contributed by atoms with E-state index >= 15 is 0 Å². The van der Waals surface area contributed by atoms with Crippen LogP contribution >= 0.6 is 0 Å². The Morgan fingerprint density at radius 1 is 1.43 bits per heavy atom. The number of rotatable bonds is 5. The minimum Gasteiger partial charge on any atom is -0.481 e. The number of hydrogen-bond donors (Lipinski definition) is 1. The molecule has 0 radical (unpaired) electrons. The van der Waals surface area contributed by atoms with Gasteiger partial charge in [-0.1, -0.05) is 18.2 Å². The molecule has 2 aromatic rings. The van der Waals surface area contributed by atoms with Gasteiger partial charge in [0.2, 0.25) is 0 Å². The second kappa shape index (κ2) is 5.41. The Balaban J connectivity index is 2.11. The Bertz CT molecular complexity index is 732. The van der Waals surface area contributed by atoms with Crippen LogP contribution in [0.5, 0.6) is 0 Å². The van der Waals surface area contributed by atoms with Gasteiger partial charge in [0.1, 0.15) is 6.07 Å². The van der Waals surface area contributed by atoms with Crippen LogP contribution < -0.4 is 4.90 Å². The van der Waals surface area contributed by atoms with Crippen LogP contribution in [0.3, 0.4) is 0 Å². The Morgan fingerprint density at radius 3 is 2.86 bits per heavy atom. The van der Waals surface area contributed by atoms with Crippen LogP contribution in [0.25, 0.3) is 10.9 Å². The lowest BCUT2D eigenvalue weighted by Crippen LogP contribution is -2.29. The zero-order valence-electron chi connectivity index (χ0n) is 11.5. The molecule has 0 aliphatic heterocycles. The third-order valence-corrected chi connectivity index (χ3v) is 3.71. The van der Waals surface area contributed by atoms with Gasteiger partial charge in [0.15, 0.2) is 0 Å². The maximum Gasteiger partial charge on any atom is 0.305 e. The van der Waals surface area contributed by atoms with Crippen molar-refractivity contribution in [2.75, 3.05) is 11.4 Å². The molecule has 1 aromatic carbocycles. The van der Waals surface area contributed by atoms with Gasteiger partial charge in [-0.2, -0.15) is 5.26 Å². The molecule has 0 amide bonds. The number of nitrogens with zero attached hydrogens (tertiary/aromatic N) is 3. The number of para-hydroxylation sites is 1. The lowest BCUT2D eigenvalue weighted by molar-refractivity contribution is -0.136. The molecule has 0 atom stereocenters. The molecule has 0 unspecified atom stereocenters. The number of carboxylic acid groups (broad SMARTS) is 1. The molecule has 106 valence electrons. The summed E-state index contributed by atoms with van der Waals surface area (Å²) < 4.78 is 0. The average molecular weight is 281 g/mol. The number of nitriles is 1. The number of fused-ring (bicyclic) bond motifs is 1. The number of aliphatic carboxylic acids is 1. The number of carbonyl (C=O) groups is 1. The summed E-state index contributed by atoms with van der Waals surface area (Å²) in [6.07, 6.45) is 3.73. The Morgan fingerprint density at radius 2 is 2.19 bits per heavy atom. The van der Waals surface area contributed by atoms with Gasteiger partial charge in [-0.25, -0.2) is 0 Å². The van der Waals surface area contributed by atoms with E-state index in [1.807, 2.05) is 24.3 Å². The highest BCUT2D eigenvalue weighted by atomic mass is 16.4. The van der Waals surface area contributed by atoms with Crippen molar-refractivity contribution in [2.24, 2.45) is 0 Å². The topological polar surface area (TPSA) is 77.2 Å². The summed E-state index contributed by atoms with van der Waals surface area (Å²) >= 11 is 0. The largest absolute Gasteiger partial charge is 0.481 e. The second-order valence-electron chi connectivity index (χ2n) is 5.22. The minimum absolute atomic E-state index is 0.0675. The quantitative estimate of drug-likeness (QED) is 0.911. The molecule has 5 nitrogen and oxygen atoms in total. The number of aromatic nitrogens is 1. The van der Waals surface area contributed by atoms with E-state index in [9.17, 15) is 10.1 Å². The van der Waals surface area contributed by atoms with Crippen molar-refractivity contribution < 1.29 is 9.90 Å². The van der Waals surface area contributed by atoms with E-state index < -0.39 is 5.97 Å². The Labute approximate surface area is 122 Å². The van der Waals surface area contributed by atoms with Gasteiger partial charge in [0, 0.05) is 24.2 Å². The molecule has 1 heterocycles. The minimum atomic E-state index is -0.822. The molecular formula is C16H15N3O2. The summed E-state index contributed by atoms with van der Waals surface area (Å²) in [6, 6.07) is 10.2. The fraction of sp³-hybridized carbons (Fsp3) is 0.312. The highest BCUT2D eigenvalue weighted by molar-refractivity contribution is 5.94. The average Bonchev–Trinajstić information content (AvgIpc) is 3.32. The van der Waals surface area contributed by atoms with E-state index in [-0.39, 0.29) is 6.42 Å². The summed E-state index contributed by atoms with van der Waals surface area (Å²) in [7, 11) is 0. The Kier molecular flexibility index (Phi) is 3.44. The first-order valence-corrected chi connectivity index (χ1v) is 6.97. The Hall–Kier alpha value is -2.61.